The Labute approximate surface area is 139 Å². The Balaban J connectivity index is 1.58. The second kappa shape index (κ2) is 6.88. The molecule has 1 atom stereocenters. The second-order valence-corrected chi connectivity index (χ2v) is 5.85. The van der Waals surface area contributed by atoms with E-state index in [-0.39, 0.29) is 11.7 Å². The summed E-state index contributed by atoms with van der Waals surface area (Å²) >= 11 is 0. The zero-order chi connectivity index (χ0) is 17.1. The first-order chi connectivity index (χ1) is 11.5. The first-order valence-electron chi connectivity index (χ1n) is 7.85. The van der Waals surface area contributed by atoms with Gasteiger partial charge in [-0.1, -0.05) is 5.16 Å². The molecular formula is C18H20N2O4. The van der Waals surface area contributed by atoms with E-state index >= 15 is 0 Å². The molecule has 3 rings (SSSR count). The largest absolute Gasteiger partial charge is 0.492 e. The topological polar surface area (TPSA) is 77.5 Å². The fraction of sp³-hybridized carbons (Fsp3) is 0.333. The maximum atomic E-state index is 11.3. The molecule has 6 nitrogen and oxygen atoms in total. The monoisotopic (exact) mass is 328 g/mol. The summed E-state index contributed by atoms with van der Waals surface area (Å²) in [6.07, 6.45) is 0. The van der Waals surface area contributed by atoms with Gasteiger partial charge in [0.25, 0.3) is 0 Å². The molecule has 0 saturated carbocycles. The lowest BCUT2D eigenvalue weighted by Gasteiger charge is -2.15. The van der Waals surface area contributed by atoms with Gasteiger partial charge in [0.05, 0.1) is 5.69 Å². The van der Waals surface area contributed by atoms with Gasteiger partial charge in [0.1, 0.15) is 23.7 Å². The van der Waals surface area contributed by atoms with Crippen LogP contribution in [0, 0.1) is 13.8 Å². The van der Waals surface area contributed by atoms with E-state index in [0.29, 0.717) is 24.5 Å². The number of benzene rings is 1. The number of fused-ring (bicyclic) bond motifs is 1. The Hall–Kier alpha value is -2.60. The zero-order valence-corrected chi connectivity index (χ0v) is 14.0. The molecule has 0 aliphatic rings. The van der Waals surface area contributed by atoms with Crippen molar-refractivity contribution in [3.63, 3.8) is 0 Å². The molecule has 2 heterocycles. The maximum Gasteiger partial charge on any atom is 0.336 e. The Morgan fingerprint density at radius 3 is 2.79 bits per heavy atom. The summed E-state index contributed by atoms with van der Waals surface area (Å²) in [5.41, 5.74) is 2.14. The van der Waals surface area contributed by atoms with Crippen molar-refractivity contribution in [1.29, 1.82) is 0 Å². The summed E-state index contributed by atoms with van der Waals surface area (Å²) in [7, 11) is 0. The Morgan fingerprint density at radius 1 is 1.25 bits per heavy atom. The Bertz CT molecular complexity index is 878. The molecule has 0 saturated heterocycles. The molecule has 0 radical (unpaired) electrons. The average molecular weight is 328 g/mol. The molecule has 6 heteroatoms. The van der Waals surface area contributed by atoms with E-state index in [0.717, 1.165) is 22.4 Å². The molecule has 0 aliphatic carbocycles. The van der Waals surface area contributed by atoms with Gasteiger partial charge < -0.3 is 19.0 Å². The molecule has 24 heavy (non-hydrogen) atoms. The average Bonchev–Trinajstić information content (AvgIpc) is 2.89. The molecule has 126 valence electrons. The highest BCUT2D eigenvalue weighted by Crippen LogP contribution is 2.19. The molecule has 1 N–H and O–H groups in total. The van der Waals surface area contributed by atoms with Crippen molar-refractivity contribution in [3.8, 4) is 5.75 Å². The summed E-state index contributed by atoms with van der Waals surface area (Å²) in [6, 6.07) is 8.75. The minimum absolute atomic E-state index is 0.136. The summed E-state index contributed by atoms with van der Waals surface area (Å²) in [4.78, 5) is 11.3. The van der Waals surface area contributed by atoms with Crippen LogP contribution in [-0.2, 0) is 6.54 Å². The second-order valence-electron chi connectivity index (χ2n) is 5.85. The minimum Gasteiger partial charge on any atom is -0.492 e. The van der Waals surface area contributed by atoms with Crippen LogP contribution in [0.2, 0.25) is 0 Å². The third-order valence-electron chi connectivity index (χ3n) is 3.90. The van der Waals surface area contributed by atoms with Crippen molar-refractivity contribution in [1.82, 2.24) is 10.5 Å². The summed E-state index contributed by atoms with van der Waals surface area (Å²) in [5, 5.41) is 8.19. The van der Waals surface area contributed by atoms with Gasteiger partial charge in [-0.05, 0) is 39.0 Å². The van der Waals surface area contributed by atoms with Crippen LogP contribution >= 0.6 is 0 Å². The van der Waals surface area contributed by atoms with Crippen LogP contribution in [0.1, 0.15) is 23.9 Å². The molecule has 0 aliphatic heterocycles. The number of rotatable bonds is 6. The van der Waals surface area contributed by atoms with Crippen molar-refractivity contribution in [2.24, 2.45) is 0 Å². The Morgan fingerprint density at radius 2 is 2.04 bits per heavy atom. The fourth-order valence-corrected chi connectivity index (χ4v) is 2.44. The zero-order valence-electron chi connectivity index (χ0n) is 14.0. The SMILES string of the molecule is Cc1noc(C)c1CN[C@H](C)COc1ccc2ccc(=O)oc2c1. The molecule has 0 spiro atoms. The predicted octanol–water partition coefficient (Wildman–Crippen LogP) is 2.95. The number of ether oxygens (including phenoxy) is 1. The number of hydrogen-bond acceptors (Lipinski definition) is 6. The van der Waals surface area contributed by atoms with Crippen LogP contribution in [0.5, 0.6) is 5.75 Å². The van der Waals surface area contributed by atoms with Crippen LogP contribution < -0.4 is 15.7 Å². The van der Waals surface area contributed by atoms with E-state index in [9.17, 15) is 4.79 Å². The first kappa shape index (κ1) is 16.3. The third kappa shape index (κ3) is 3.65. The normalized spacial score (nSPS) is 12.5. The van der Waals surface area contributed by atoms with Crippen molar-refractivity contribution in [2.75, 3.05) is 6.61 Å². The van der Waals surface area contributed by atoms with Crippen molar-refractivity contribution >= 4 is 11.0 Å². The summed E-state index contributed by atoms with van der Waals surface area (Å²) in [6.45, 7) is 7.04. The highest BCUT2D eigenvalue weighted by molar-refractivity contribution is 5.77. The van der Waals surface area contributed by atoms with Gasteiger partial charge in [-0.3, -0.25) is 0 Å². The van der Waals surface area contributed by atoms with E-state index in [4.69, 9.17) is 13.7 Å². The van der Waals surface area contributed by atoms with Gasteiger partial charge in [0.2, 0.25) is 0 Å². The number of nitrogens with one attached hydrogen (secondary N) is 1. The number of nitrogens with zero attached hydrogens (tertiary/aromatic N) is 1. The van der Waals surface area contributed by atoms with E-state index in [2.05, 4.69) is 10.5 Å². The lowest BCUT2D eigenvalue weighted by Crippen LogP contribution is -2.31. The molecule has 3 aromatic rings. The van der Waals surface area contributed by atoms with Gasteiger partial charge >= 0.3 is 5.63 Å². The van der Waals surface area contributed by atoms with Gasteiger partial charge in [-0.2, -0.15) is 0 Å². The van der Waals surface area contributed by atoms with Crippen molar-refractivity contribution in [2.45, 2.75) is 33.4 Å². The van der Waals surface area contributed by atoms with E-state index < -0.39 is 0 Å². The van der Waals surface area contributed by atoms with E-state index in [1.54, 1.807) is 12.1 Å². The molecule has 0 fully saturated rings. The number of hydrogen-bond donors (Lipinski definition) is 1. The van der Waals surface area contributed by atoms with Crippen LogP contribution in [0.25, 0.3) is 11.0 Å². The summed E-state index contributed by atoms with van der Waals surface area (Å²) in [5.74, 6) is 1.50. The molecular weight excluding hydrogens is 308 g/mol. The number of aryl methyl sites for hydroxylation is 2. The van der Waals surface area contributed by atoms with Gasteiger partial charge in [0, 0.05) is 35.7 Å². The molecule has 0 bridgehead atoms. The lowest BCUT2D eigenvalue weighted by atomic mass is 10.2. The van der Waals surface area contributed by atoms with E-state index in [1.807, 2.05) is 32.9 Å². The standard InChI is InChI=1S/C18H20N2O4/c1-11(19-9-16-12(2)20-24-13(16)3)10-22-15-6-4-14-5-7-18(21)23-17(14)8-15/h4-8,11,19H,9-10H2,1-3H3/t11-/m1/s1. The quantitative estimate of drug-likeness (QED) is 0.701. The smallest absolute Gasteiger partial charge is 0.336 e. The van der Waals surface area contributed by atoms with Crippen molar-refractivity contribution < 1.29 is 13.7 Å². The minimum atomic E-state index is -0.367. The highest BCUT2D eigenvalue weighted by Gasteiger charge is 2.10. The lowest BCUT2D eigenvalue weighted by molar-refractivity contribution is 0.272. The van der Waals surface area contributed by atoms with Gasteiger partial charge in [-0.15, -0.1) is 0 Å². The molecule has 2 aromatic heterocycles. The third-order valence-corrected chi connectivity index (χ3v) is 3.90. The van der Waals surface area contributed by atoms with Crippen LogP contribution in [0.15, 0.2) is 44.1 Å². The van der Waals surface area contributed by atoms with E-state index in [1.165, 1.54) is 6.07 Å². The summed E-state index contributed by atoms with van der Waals surface area (Å²) < 4.78 is 16.1. The fourth-order valence-electron chi connectivity index (χ4n) is 2.44. The van der Waals surface area contributed by atoms with Gasteiger partial charge in [-0.25, -0.2) is 4.79 Å². The maximum absolute atomic E-state index is 11.3. The highest BCUT2D eigenvalue weighted by atomic mass is 16.5. The number of aromatic nitrogens is 1. The van der Waals surface area contributed by atoms with Crippen LogP contribution in [0.4, 0.5) is 0 Å². The molecule has 0 unspecified atom stereocenters. The van der Waals surface area contributed by atoms with Crippen LogP contribution in [0.3, 0.4) is 0 Å². The van der Waals surface area contributed by atoms with Crippen LogP contribution in [-0.4, -0.2) is 17.8 Å². The van der Waals surface area contributed by atoms with Crippen molar-refractivity contribution in [3.05, 3.63) is 57.8 Å². The first-order valence-corrected chi connectivity index (χ1v) is 7.85. The Kier molecular flexibility index (Phi) is 4.66. The van der Waals surface area contributed by atoms with Gasteiger partial charge in [0.15, 0.2) is 0 Å². The molecule has 0 amide bonds. The molecule has 1 aromatic carbocycles. The predicted molar refractivity (Wildman–Crippen MR) is 90.3 cm³/mol.